The van der Waals surface area contributed by atoms with Crippen LogP contribution in [-0.4, -0.2) is 24.4 Å². The van der Waals surface area contributed by atoms with Gasteiger partial charge in [-0.05, 0) is 12.5 Å². The van der Waals surface area contributed by atoms with Crippen LogP contribution in [0.15, 0.2) is 39.0 Å². The molecular weight excluding hydrogens is 324 g/mol. The van der Waals surface area contributed by atoms with Crippen LogP contribution in [0.4, 0.5) is 0 Å². The van der Waals surface area contributed by atoms with Crippen molar-refractivity contribution < 1.29 is 0 Å². The summed E-state index contributed by atoms with van der Waals surface area (Å²) >= 11 is 1.58. The predicted molar refractivity (Wildman–Crippen MR) is 96.9 cm³/mol. The molecule has 0 aliphatic rings. The number of aromatic nitrogens is 4. The highest BCUT2D eigenvalue weighted by atomic mass is 32.2. The van der Waals surface area contributed by atoms with E-state index >= 15 is 0 Å². The second-order valence-corrected chi connectivity index (χ2v) is 7.67. The molecule has 0 saturated heterocycles. The molecule has 3 rings (SSSR count). The van der Waals surface area contributed by atoms with Gasteiger partial charge in [0.25, 0.3) is 5.56 Å². The summed E-state index contributed by atoms with van der Waals surface area (Å²) < 4.78 is 3.28. The second-order valence-electron chi connectivity index (χ2n) is 6.13. The van der Waals surface area contributed by atoms with Crippen molar-refractivity contribution in [1.29, 1.82) is 0 Å². The van der Waals surface area contributed by atoms with Crippen molar-refractivity contribution in [3.8, 4) is 0 Å². The third-order valence-electron chi connectivity index (χ3n) is 3.74. The molecule has 6 nitrogen and oxygen atoms in total. The number of nitrogens with zero attached hydrogens (tertiary/aromatic N) is 3. The Kier molecular flexibility index (Phi) is 4.36. The molecule has 1 aromatic carbocycles. The van der Waals surface area contributed by atoms with E-state index in [1.807, 2.05) is 29.7 Å². The van der Waals surface area contributed by atoms with Gasteiger partial charge in [0.2, 0.25) is 0 Å². The van der Waals surface area contributed by atoms with Crippen molar-refractivity contribution in [1.82, 2.24) is 19.1 Å². The van der Waals surface area contributed by atoms with Crippen LogP contribution in [0.2, 0.25) is 0 Å². The van der Waals surface area contributed by atoms with Crippen molar-refractivity contribution in [2.45, 2.75) is 37.7 Å². The maximum absolute atomic E-state index is 12.4. The van der Waals surface area contributed by atoms with Gasteiger partial charge in [0.15, 0.2) is 16.3 Å². The normalized spacial score (nSPS) is 11.5. The largest absolute Gasteiger partial charge is 0.329 e. The van der Waals surface area contributed by atoms with E-state index in [-0.39, 0.29) is 0 Å². The Morgan fingerprint density at radius 1 is 1.29 bits per heavy atom. The summed E-state index contributed by atoms with van der Waals surface area (Å²) in [7, 11) is 1.62. The molecule has 0 aliphatic heterocycles. The number of rotatable bonds is 4. The molecule has 2 aromatic heterocycles. The van der Waals surface area contributed by atoms with E-state index in [1.54, 1.807) is 18.8 Å². The number of hydrogen-bond donors (Lipinski definition) is 1. The molecule has 1 N–H and O–H groups in total. The number of H-pyrrole nitrogens is 1. The van der Waals surface area contributed by atoms with E-state index in [9.17, 15) is 9.59 Å². The van der Waals surface area contributed by atoms with Gasteiger partial charge in [-0.2, -0.15) is 0 Å². The molecule has 0 bridgehead atoms. The van der Waals surface area contributed by atoms with Gasteiger partial charge in [0, 0.05) is 12.3 Å². The lowest BCUT2D eigenvalue weighted by Crippen LogP contribution is -2.29. The summed E-state index contributed by atoms with van der Waals surface area (Å²) in [4.78, 5) is 31.2. The Morgan fingerprint density at radius 2 is 2.04 bits per heavy atom. The van der Waals surface area contributed by atoms with Crippen LogP contribution in [0.25, 0.3) is 11.2 Å². The first-order valence-electron chi connectivity index (χ1n) is 7.78. The van der Waals surface area contributed by atoms with Gasteiger partial charge in [0.1, 0.15) is 0 Å². The molecule has 0 amide bonds. The Hall–Kier alpha value is -2.28. The van der Waals surface area contributed by atoms with Crippen molar-refractivity contribution in [2.24, 2.45) is 7.05 Å². The first kappa shape index (κ1) is 16.6. The zero-order valence-corrected chi connectivity index (χ0v) is 15.0. The Labute approximate surface area is 143 Å². The Balaban J connectivity index is 2.25. The minimum atomic E-state index is -0.450. The highest BCUT2D eigenvalue weighted by molar-refractivity contribution is 7.99. The smallest absolute Gasteiger partial charge is 0.309 e. The summed E-state index contributed by atoms with van der Waals surface area (Å²) in [6.07, 6.45) is 0. The van der Waals surface area contributed by atoms with Crippen LogP contribution in [0.1, 0.15) is 25.0 Å². The lowest BCUT2D eigenvalue weighted by Gasteiger charge is -2.10. The standard InChI is InChI=1S/C17H20N4O2S/c1-10(2)24-17-18-14-13(15(22)19-16(23)20(14)4)21(17)9-12-7-5-6-11(3)8-12/h5-8,10H,9H2,1-4H3,(H,19,22,23). The Morgan fingerprint density at radius 3 is 2.71 bits per heavy atom. The minimum absolute atomic E-state index is 0.314. The summed E-state index contributed by atoms with van der Waals surface area (Å²) in [6, 6.07) is 8.15. The fourth-order valence-electron chi connectivity index (χ4n) is 2.66. The number of thioether (sulfide) groups is 1. The molecule has 3 aromatic rings. The fourth-order valence-corrected chi connectivity index (χ4v) is 3.50. The topological polar surface area (TPSA) is 72.7 Å². The molecule has 0 radical (unpaired) electrons. The van der Waals surface area contributed by atoms with Crippen LogP contribution >= 0.6 is 11.8 Å². The molecule has 0 aliphatic carbocycles. The van der Waals surface area contributed by atoms with Crippen molar-refractivity contribution >= 4 is 22.9 Å². The molecule has 126 valence electrons. The monoisotopic (exact) mass is 344 g/mol. The lowest BCUT2D eigenvalue weighted by atomic mass is 10.1. The summed E-state index contributed by atoms with van der Waals surface area (Å²) in [6.45, 7) is 6.72. The zero-order chi connectivity index (χ0) is 17.4. The van der Waals surface area contributed by atoms with Gasteiger partial charge >= 0.3 is 5.69 Å². The third-order valence-corrected chi connectivity index (χ3v) is 4.73. The molecule has 7 heteroatoms. The Bertz CT molecular complexity index is 1010. The van der Waals surface area contributed by atoms with E-state index in [2.05, 4.69) is 29.9 Å². The van der Waals surface area contributed by atoms with Gasteiger partial charge in [-0.25, -0.2) is 9.78 Å². The molecule has 2 heterocycles. The van der Waals surface area contributed by atoms with Gasteiger partial charge in [-0.1, -0.05) is 55.4 Å². The molecular formula is C17H20N4O2S. The molecule has 0 saturated carbocycles. The molecule has 0 unspecified atom stereocenters. The number of nitrogens with one attached hydrogen (secondary N) is 1. The van der Waals surface area contributed by atoms with Gasteiger partial charge in [-0.3, -0.25) is 14.3 Å². The van der Waals surface area contributed by atoms with E-state index in [0.717, 1.165) is 16.3 Å². The highest BCUT2D eigenvalue weighted by Crippen LogP contribution is 2.26. The zero-order valence-electron chi connectivity index (χ0n) is 14.2. The molecule has 24 heavy (non-hydrogen) atoms. The number of hydrogen-bond acceptors (Lipinski definition) is 4. The summed E-state index contributed by atoms with van der Waals surface area (Å²) in [5.74, 6) is 0. The number of aromatic amines is 1. The first-order chi connectivity index (χ1) is 11.4. The van der Waals surface area contributed by atoms with E-state index in [4.69, 9.17) is 0 Å². The number of aryl methyl sites for hydroxylation is 2. The second kappa shape index (κ2) is 6.32. The van der Waals surface area contributed by atoms with Crippen molar-refractivity contribution in [2.75, 3.05) is 0 Å². The molecule has 0 atom stereocenters. The average Bonchev–Trinajstić information content (AvgIpc) is 2.83. The van der Waals surface area contributed by atoms with Crippen molar-refractivity contribution in [3.05, 3.63) is 56.2 Å². The van der Waals surface area contributed by atoms with E-state index in [0.29, 0.717) is 23.0 Å². The number of imidazole rings is 1. The number of benzene rings is 1. The predicted octanol–water partition coefficient (Wildman–Crippen LogP) is 2.28. The van der Waals surface area contributed by atoms with E-state index < -0.39 is 11.2 Å². The third kappa shape index (κ3) is 3.03. The lowest BCUT2D eigenvalue weighted by molar-refractivity contribution is 0.725. The van der Waals surface area contributed by atoms with Crippen molar-refractivity contribution in [3.63, 3.8) is 0 Å². The van der Waals surface area contributed by atoms with Crippen LogP contribution < -0.4 is 11.2 Å². The highest BCUT2D eigenvalue weighted by Gasteiger charge is 2.18. The minimum Gasteiger partial charge on any atom is -0.309 e. The van der Waals surface area contributed by atoms with Crippen LogP contribution in [0.3, 0.4) is 0 Å². The summed E-state index contributed by atoms with van der Waals surface area (Å²) in [5, 5.41) is 1.06. The molecule has 0 fully saturated rings. The van der Waals surface area contributed by atoms with Crippen LogP contribution in [0.5, 0.6) is 0 Å². The summed E-state index contributed by atoms with van der Waals surface area (Å²) in [5.41, 5.74) is 2.25. The fraction of sp³-hybridized carbons (Fsp3) is 0.353. The van der Waals surface area contributed by atoms with Crippen LogP contribution in [-0.2, 0) is 13.6 Å². The average molecular weight is 344 g/mol. The van der Waals surface area contributed by atoms with Gasteiger partial charge < -0.3 is 4.57 Å². The SMILES string of the molecule is Cc1cccc(Cn2c(SC(C)C)nc3c2c(=O)[nH]c(=O)n3C)c1. The maximum atomic E-state index is 12.4. The quantitative estimate of drug-likeness (QED) is 0.737. The number of fused-ring (bicyclic) bond motifs is 1. The van der Waals surface area contributed by atoms with Crippen LogP contribution in [0, 0.1) is 6.92 Å². The van der Waals surface area contributed by atoms with Gasteiger partial charge in [0.05, 0.1) is 6.54 Å². The molecule has 0 spiro atoms. The van der Waals surface area contributed by atoms with E-state index in [1.165, 1.54) is 4.57 Å². The first-order valence-corrected chi connectivity index (χ1v) is 8.66. The maximum Gasteiger partial charge on any atom is 0.329 e. The van der Waals surface area contributed by atoms with Gasteiger partial charge in [-0.15, -0.1) is 0 Å².